The first kappa shape index (κ1) is 30.9. The van der Waals surface area contributed by atoms with E-state index in [0.717, 1.165) is 5.57 Å². The molecule has 4 aliphatic rings. The topological polar surface area (TPSA) is 124 Å². The summed E-state index contributed by atoms with van der Waals surface area (Å²) in [6.45, 7) is 14.3. The number of carbonyl (C=O) groups is 5. The minimum Gasteiger partial charge on any atom is -0.478 e. The van der Waals surface area contributed by atoms with Crippen LogP contribution in [0.25, 0.3) is 0 Å². The molecule has 4 aliphatic carbocycles. The van der Waals surface area contributed by atoms with Crippen molar-refractivity contribution in [2.75, 3.05) is 0 Å². The summed E-state index contributed by atoms with van der Waals surface area (Å²) in [6, 6.07) is 0. The van der Waals surface area contributed by atoms with Crippen LogP contribution in [0.15, 0.2) is 34.9 Å². The standard InChI is InChI=1S/C33H44O8/c1-17(2)10-9-11-21(30(38)39)26-22-12-13-25-31(6)15-14-23(36)18(3)27(31)28(41-20(5)35)29(37)33(25,8)32(22,7)16-24(26)40-19(4)34/h10,14-15,18,22,24-25,27-28H,9,11-13,16H2,1-8H3,(H,38,39)/b26-21-/t18-,22+,24+,25+,27-,28+,31-,32+,33-/m0/s1. The lowest BCUT2D eigenvalue weighted by Crippen LogP contribution is -2.69. The van der Waals surface area contributed by atoms with Crippen LogP contribution < -0.4 is 0 Å². The average molecular weight is 569 g/mol. The minimum atomic E-state index is -1.12. The van der Waals surface area contributed by atoms with Crippen LogP contribution in [0.4, 0.5) is 0 Å². The number of hydrogen-bond acceptors (Lipinski definition) is 7. The summed E-state index contributed by atoms with van der Waals surface area (Å²) in [5.41, 5.74) is -0.526. The molecule has 0 unspecified atom stereocenters. The van der Waals surface area contributed by atoms with Crippen LogP contribution in [0.3, 0.4) is 0 Å². The monoisotopic (exact) mass is 568 g/mol. The lowest BCUT2D eigenvalue weighted by Gasteiger charge is -2.66. The number of allylic oxidation sites excluding steroid dienone is 4. The summed E-state index contributed by atoms with van der Waals surface area (Å²) in [5.74, 6) is -3.98. The van der Waals surface area contributed by atoms with Gasteiger partial charge in [0.25, 0.3) is 0 Å². The molecule has 0 aromatic carbocycles. The van der Waals surface area contributed by atoms with Gasteiger partial charge in [0.1, 0.15) is 6.10 Å². The number of fused-ring (bicyclic) bond motifs is 5. The second-order valence-corrected chi connectivity index (χ2v) is 13.5. The van der Waals surface area contributed by atoms with Crippen LogP contribution in [-0.4, -0.2) is 46.8 Å². The van der Waals surface area contributed by atoms with Crippen LogP contribution >= 0.6 is 0 Å². The zero-order valence-electron chi connectivity index (χ0n) is 25.5. The molecule has 0 radical (unpaired) electrons. The lowest BCUT2D eigenvalue weighted by molar-refractivity contribution is -0.207. The maximum absolute atomic E-state index is 14.7. The summed E-state index contributed by atoms with van der Waals surface area (Å²) in [7, 11) is 0. The number of hydrogen-bond donors (Lipinski definition) is 1. The first-order valence-electron chi connectivity index (χ1n) is 14.7. The van der Waals surface area contributed by atoms with Crippen molar-refractivity contribution in [2.45, 2.75) is 99.7 Å². The van der Waals surface area contributed by atoms with Crippen molar-refractivity contribution >= 4 is 29.5 Å². The zero-order valence-corrected chi connectivity index (χ0v) is 25.5. The van der Waals surface area contributed by atoms with Gasteiger partial charge in [-0.1, -0.05) is 45.4 Å². The van der Waals surface area contributed by atoms with Crippen molar-refractivity contribution in [2.24, 2.45) is 39.9 Å². The van der Waals surface area contributed by atoms with Gasteiger partial charge in [0.05, 0.1) is 0 Å². The molecule has 41 heavy (non-hydrogen) atoms. The largest absolute Gasteiger partial charge is 0.478 e. The molecule has 0 aromatic rings. The van der Waals surface area contributed by atoms with E-state index < -0.39 is 58.2 Å². The van der Waals surface area contributed by atoms with Crippen molar-refractivity contribution in [3.8, 4) is 0 Å². The first-order chi connectivity index (χ1) is 19.0. The summed E-state index contributed by atoms with van der Waals surface area (Å²) in [4.78, 5) is 64.9. The van der Waals surface area contributed by atoms with Gasteiger partial charge in [-0.15, -0.1) is 0 Å². The van der Waals surface area contributed by atoms with Gasteiger partial charge in [-0.25, -0.2) is 4.79 Å². The molecule has 0 saturated heterocycles. The molecule has 0 spiro atoms. The molecule has 3 saturated carbocycles. The molecule has 0 amide bonds. The summed E-state index contributed by atoms with van der Waals surface area (Å²) in [6.07, 6.45) is 5.95. The number of carboxylic acids is 1. The number of aliphatic carboxylic acids is 1. The predicted octanol–water partition coefficient (Wildman–Crippen LogP) is 5.40. The van der Waals surface area contributed by atoms with Gasteiger partial charge in [0.15, 0.2) is 17.7 Å². The van der Waals surface area contributed by atoms with E-state index in [1.807, 2.05) is 39.8 Å². The molecule has 1 N–H and O–H groups in total. The number of esters is 2. The SMILES string of the molecule is CC(=O)O[C@@H]1C[C@]2(C)[C@H](CC[C@@H]3[C@]4(C)C=CC(=O)[C@H](C)[C@H]4[C@@H](OC(C)=O)C(=O)[C@]32C)/C1=C(\CCC=C(C)C)C(=O)O. The highest BCUT2D eigenvalue weighted by atomic mass is 16.5. The molecular weight excluding hydrogens is 524 g/mol. The van der Waals surface area contributed by atoms with E-state index in [4.69, 9.17) is 9.47 Å². The molecule has 9 atom stereocenters. The Labute approximate surface area is 242 Å². The van der Waals surface area contributed by atoms with Crippen molar-refractivity contribution in [1.82, 2.24) is 0 Å². The quantitative estimate of drug-likeness (QED) is 0.257. The number of ether oxygens (including phenoxy) is 2. The molecule has 3 fully saturated rings. The van der Waals surface area contributed by atoms with Crippen molar-refractivity contribution < 1.29 is 38.6 Å². The summed E-state index contributed by atoms with van der Waals surface area (Å²) in [5, 5.41) is 10.4. The zero-order chi connectivity index (χ0) is 30.7. The van der Waals surface area contributed by atoms with Gasteiger partial charge in [0, 0.05) is 36.7 Å². The van der Waals surface area contributed by atoms with Gasteiger partial charge < -0.3 is 14.6 Å². The van der Waals surface area contributed by atoms with Gasteiger partial charge in [0.2, 0.25) is 0 Å². The third-order valence-electron chi connectivity index (χ3n) is 11.0. The fraction of sp³-hybridized carbons (Fsp3) is 0.667. The minimum absolute atomic E-state index is 0.0931. The molecule has 8 heteroatoms. The van der Waals surface area contributed by atoms with Crippen LogP contribution in [-0.2, 0) is 33.4 Å². The maximum atomic E-state index is 14.7. The second kappa shape index (κ2) is 10.7. The Kier molecular flexibility index (Phi) is 8.04. The van der Waals surface area contributed by atoms with Crippen LogP contribution in [0.1, 0.15) is 87.5 Å². The van der Waals surface area contributed by atoms with Crippen molar-refractivity contribution in [3.05, 3.63) is 34.9 Å². The van der Waals surface area contributed by atoms with E-state index in [2.05, 4.69) is 6.92 Å². The Morgan fingerprint density at radius 3 is 2.22 bits per heavy atom. The maximum Gasteiger partial charge on any atom is 0.331 e. The summed E-state index contributed by atoms with van der Waals surface area (Å²) >= 11 is 0. The molecule has 0 aliphatic heterocycles. The highest BCUT2D eigenvalue weighted by Crippen LogP contribution is 2.73. The van der Waals surface area contributed by atoms with Crippen LogP contribution in [0.5, 0.6) is 0 Å². The normalized spacial score (nSPS) is 40.6. The van der Waals surface area contributed by atoms with Gasteiger partial charge in [-0.05, 0) is 80.3 Å². The van der Waals surface area contributed by atoms with E-state index in [9.17, 15) is 29.1 Å². The number of carbonyl (C=O) groups excluding carboxylic acids is 4. The van der Waals surface area contributed by atoms with E-state index in [1.165, 1.54) is 13.8 Å². The van der Waals surface area contributed by atoms with Gasteiger partial charge >= 0.3 is 17.9 Å². The molecule has 0 bridgehead atoms. The Morgan fingerprint density at radius 1 is 1.02 bits per heavy atom. The van der Waals surface area contributed by atoms with E-state index >= 15 is 0 Å². The number of Topliss-reactive ketones (excluding diaryl/α,β-unsaturated/α-hetero) is 1. The van der Waals surface area contributed by atoms with Crippen LogP contribution in [0.2, 0.25) is 0 Å². The molecule has 0 heterocycles. The smallest absolute Gasteiger partial charge is 0.331 e. The number of ketones is 2. The van der Waals surface area contributed by atoms with Gasteiger partial charge in [-0.2, -0.15) is 0 Å². The number of carboxylic acid groups (broad SMARTS) is 1. The average Bonchev–Trinajstić information content (AvgIpc) is 3.14. The molecule has 4 rings (SSSR count). The Bertz CT molecular complexity index is 1270. The fourth-order valence-corrected chi connectivity index (χ4v) is 9.19. The predicted molar refractivity (Wildman–Crippen MR) is 151 cm³/mol. The Balaban J connectivity index is 1.93. The van der Waals surface area contributed by atoms with Crippen molar-refractivity contribution in [1.29, 1.82) is 0 Å². The molecule has 224 valence electrons. The number of rotatable bonds is 6. The second-order valence-electron chi connectivity index (χ2n) is 13.5. The van der Waals surface area contributed by atoms with Crippen LogP contribution in [0, 0.1) is 39.9 Å². The fourth-order valence-electron chi connectivity index (χ4n) is 9.19. The lowest BCUT2D eigenvalue weighted by atomic mass is 9.37. The third-order valence-corrected chi connectivity index (χ3v) is 11.0. The Hall–Kier alpha value is -3.03. The van der Waals surface area contributed by atoms with E-state index in [-0.39, 0.29) is 41.8 Å². The molecule has 0 aromatic heterocycles. The first-order valence-corrected chi connectivity index (χ1v) is 14.7. The Morgan fingerprint density at radius 2 is 1.66 bits per heavy atom. The van der Waals surface area contributed by atoms with Crippen molar-refractivity contribution in [3.63, 3.8) is 0 Å². The van der Waals surface area contributed by atoms with E-state index in [1.54, 1.807) is 13.0 Å². The van der Waals surface area contributed by atoms with E-state index in [0.29, 0.717) is 24.8 Å². The molecular formula is C33H44O8. The summed E-state index contributed by atoms with van der Waals surface area (Å²) < 4.78 is 11.6. The highest BCUT2D eigenvalue weighted by Gasteiger charge is 2.74. The molecule has 8 nitrogen and oxygen atoms in total. The highest BCUT2D eigenvalue weighted by molar-refractivity contribution is 5.98. The van der Waals surface area contributed by atoms with Gasteiger partial charge in [-0.3, -0.25) is 19.2 Å². The third kappa shape index (κ3) is 4.71.